The molecular formula is C26H31N3O2. The number of hydrogen-bond acceptors (Lipinski definition) is 3. The second kappa shape index (κ2) is 8.37. The molecule has 3 aliphatic rings. The molecule has 2 fully saturated rings. The van der Waals surface area contributed by atoms with E-state index in [1.807, 2.05) is 6.07 Å². The van der Waals surface area contributed by atoms with Gasteiger partial charge < -0.3 is 15.5 Å². The van der Waals surface area contributed by atoms with Crippen LogP contribution in [0, 0.1) is 11.8 Å². The van der Waals surface area contributed by atoms with Crippen LogP contribution in [0.15, 0.2) is 54.6 Å². The Hall–Kier alpha value is -2.82. The Morgan fingerprint density at radius 2 is 1.71 bits per heavy atom. The smallest absolute Gasteiger partial charge is 0.228 e. The molecule has 0 bridgehead atoms. The van der Waals surface area contributed by atoms with Gasteiger partial charge in [0.2, 0.25) is 11.8 Å². The molecule has 1 aliphatic carbocycles. The average Bonchev–Trinajstić information content (AvgIpc) is 3.24. The molecule has 0 radical (unpaired) electrons. The Labute approximate surface area is 184 Å². The number of benzene rings is 2. The highest BCUT2D eigenvalue weighted by molar-refractivity contribution is 5.82. The lowest BCUT2D eigenvalue weighted by Crippen LogP contribution is -2.49. The zero-order valence-electron chi connectivity index (χ0n) is 18.1. The zero-order chi connectivity index (χ0) is 21.4. The van der Waals surface area contributed by atoms with E-state index in [-0.39, 0.29) is 35.9 Å². The molecule has 31 heavy (non-hydrogen) atoms. The maximum absolute atomic E-state index is 13.9. The van der Waals surface area contributed by atoms with Gasteiger partial charge in [0.25, 0.3) is 0 Å². The van der Waals surface area contributed by atoms with E-state index in [1.165, 1.54) is 11.1 Å². The molecule has 2 aliphatic heterocycles. The molecular weight excluding hydrogens is 386 g/mol. The maximum atomic E-state index is 13.9. The van der Waals surface area contributed by atoms with Gasteiger partial charge in [0, 0.05) is 31.1 Å². The summed E-state index contributed by atoms with van der Waals surface area (Å²) in [6.07, 6.45) is 4.86. The maximum Gasteiger partial charge on any atom is 0.228 e. The van der Waals surface area contributed by atoms with Crippen molar-refractivity contribution in [3.05, 3.63) is 65.7 Å². The highest BCUT2D eigenvalue weighted by Crippen LogP contribution is 2.51. The number of rotatable bonds is 3. The summed E-state index contributed by atoms with van der Waals surface area (Å²) in [6, 6.07) is 19.2. The minimum absolute atomic E-state index is 0.0413. The molecule has 1 saturated heterocycles. The first kappa shape index (κ1) is 20.1. The van der Waals surface area contributed by atoms with E-state index in [0.717, 1.165) is 44.3 Å². The summed E-state index contributed by atoms with van der Waals surface area (Å²) in [5.41, 5.74) is 3.62. The van der Waals surface area contributed by atoms with Crippen LogP contribution < -0.4 is 10.6 Å². The summed E-state index contributed by atoms with van der Waals surface area (Å²) < 4.78 is 0. The molecule has 2 heterocycles. The monoisotopic (exact) mass is 417 g/mol. The standard InChI is InChI=1S/C26H31N3O2/c1-17(30)27-23-14-8-6-12-20(23)26(31)29-16-15-21-24(18-9-3-2-4-10-18)28-22-13-7-5-11-19(22)25(21)29/h2-5,7,9-11,13,20-21,23-25,28H,6,8,12,14-16H2,1H3,(H,27,30)/t20-,21-,23+,24-,25-/m0/s1. The third-order valence-electron chi connectivity index (χ3n) is 7.38. The van der Waals surface area contributed by atoms with Crippen LogP contribution in [0.3, 0.4) is 0 Å². The van der Waals surface area contributed by atoms with Gasteiger partial charge >= 0.3 is 0 Å². The van der Waals surface area contributed by atoms with Crippen molar-refractivity contribution >= 4 is 17.5 Å². The van der Waals surface area contributed by atoms with Gasteiger partial charge in [-0.2, -0.15) is 0 Å². The minimum atomic E-state index is -0.117. The van der Waals surface area contributed by atoms with Crippen molar-refractivity contribution in [2.75, 3.05) is 11.9 Å². The predicted octanol–water partition coefficient (Wildman–Crippen LogP) is 4.44. The lowest BCUT2D eigenvalue weighted by Gasteiger charge is -2.42. The lowest BCUT2D eigenvalue weighted by atomic mass is 9.79. The van der Waals surface area contributed by atoms with Crippen LogP contribution >= 0.6 is 0 Å². The second-order valence-electron chi connectivity index (χ2n) is 9.25. The first-order chi connectivity index (χ1) is 15.1. The summed E-state index contributed by atoms with van der Waals surface area (Å²) in [5, 5.41) is 6.83. The van der Waals surface area contributed by atoms with Gasteiger partial charge in [-0.15, -0.1) is 0 Å². The number of carbonyl (C=O) groups excluding carboxylic acids is 2. The van der Waals surface area contributed by atoms with Crippen molar-refractivity contribution in [3.8, 4) is 0 Å². The minimum Gasteiger partial charge on any atom is -0.378 e. The number of hydrogen-bond donors (Lipinski definition) is 2. The quantitative estimate of drug-likeness (QED) is 0.776. The number of carbonyl (C=O) groups is 2. The number of amides is 2. The molecule has 0 spiro atoms. The molecule has 5 rings (SSSR count). The first-order valence-electron chi connectivity index (χ1n) is 11.6. The van der Waals surface area contributed by atoms with Crippen LogP contribution in [0.1, 0.15) is 62.2 Å². The second-order valence-corrected chi connectivity index (χ2v) is 9.25. The number of fused-ring (bicyclic) bond motifs is 3. The normalized spacial score (nSPS) is 29.5. The fourth-order valence-corrected chi connectivity index (χ4v) is 6.04. The molecule has 162 valence electrons. The van der Waals surface area contributed by atoms with Crippen molar-refractivity contribution in [1.82, 2.24) is 10.2 Å². The molecule has 2 amide bonds. The lowest BCUT2D eigenvalue weighted by molar-refractivity contribution is -0.139. The Bertz CT molecular complexity index is 960. The summed E-state index contributed by atoms with van der Waals surface area (Å²) >= 11 is 0. The van der Waals surface area contributed by atoms with Gasteiger partial charge in [-0.1, -0.05) is 61.4 Å². The Kier molecular flexibility index (Phi) is 5.43. The van der Waals surface area contributed by atoms with Crippen LogP contribution in [-0.4, -0.2) is 29.3 Å². The van der Waals surface area contributed by atoms with Gasteiger partial charge in [0.15, 0.2) is 0 Å². The fraction of sp³-hybridized carbons (Fsp3) is 0.462. The summed E-state index contributed by atoms with van der Waals surface area (Å²) in [4.78, 5) is 27.7. The Morgan fingerprint density at radius 1 is 0.968 bits per heavy atom. The summed E-state index contributed by atoms with van der Waals surface area (Å²) in [5.74, 6) is 0.396. The molecule has 2 aromatic rings. The van der Waals surface area contributed by atoms with Crippen LogP contribution in [0.2, 0.25) is 0 Å². The van der Waals surface area contributed by atoms with E-state index in [2.05, 4.69) is 64.1 Å². The van der Waals surface area contributed by atoms with Crippen LogP contribution in [0.4, 0.5) is 5.69 Å². The third kappa shape index (κ3) is 3.71. The van der Waals surface area contributed by atoms with Gasteiger partial charge in [-0.3, -0.25) is 9.59 Å². The molecule has 5 nitrogen and oxygen atoms in total. The number of nitrogens with zero attached hydrogens (tertiary/aromatic N) is 1. The van der Waals surface area contributed by atoms with Crippen molar-refractivity contribution in [2.24, 2.45) is 11.8 Å². The summed E-state index contributed by atoms with van der Waals surface area (Å²) in [7, 11) is 0. The Balaban J connectivity index is 1.48. The van der Waals surface area contributed by atoms with E-state index in [4.69, 9.17) is 0 Å². The van der Waals surface area contributed by atoms with E-state index in [9.17, 15) is 9.59 Å². The summed E-state index contributed by atoms with van der Waals surface area (Å²) in [6.45, 7) is 2.33. The van der Waals surface area contributed by atoms with Crippen molar-refractivity contribution in [3.63, 3.8) is 0 Å². The van der Waals surface area contributed by atoms with E-state index < -0.39 is 0 Å². The average molecular weight is 418 g/mol. The molecule has 0 unspecified atom stereocenters. The van der Waals surface area contributed by atoms with E-state index in [0.29, 0.717) is 5.92 Å². The van der Waals surface area contributed by atoms with Gasteiger partial charge in [0.05, 0.1) is 18.0 Å². The first-order valence-corrected chi connectivity index (χ1v) is 11.6. The van der Waals surface area contributed by atoms with E-state index >= 15 is 0 Å². The molecule has 2 aromatic carbocycles. The highest BCUT2D eigenvalue weighted by atomic mass is 16.2. The third-order valence-corrected chi connectivity index (χ3v) is 7.38. The van der Waals surface area contributed by atoms with Crippen molar-refractivity contribution in [1.29, 1.82) is 0 Å². The Morgan fingerprint density at radius 3 is 2.52 bits per heavy atom. The molecule has 2 N–H and O–H groups in total. The van der Waals surface area contributed by atoms with Gasteiger partial charge in [0.1, 0.15) is 0 Å². The molecule has 0 aromatic heterocycles. The number of anilines is 1. The van der Waals surface area contributed by atoms with Crippen LogP contribution in [0.5, 0.6) is 0 Å². The topological polar surface area (TPSA) is 61.4 Å². The SMILES string of the molecule is CC(=O)N[C@@H]1CCCC[C@@H]1C(=O)N1CC[C@H]2[C@H](c3ccccc3)Nc3ccccc3[C@@H]21. The molecule has 5 atom stereocenters. The predicted molar refractivity (Wildman–Crippen MR) is 121 cm³/mol. The van der Waals surface area contributed by atoms with Crippen molar-refractivity contribution in [2.45, 2.75) is 57.2 Å². The van der Waals surface area contributed by atoms with Crippen LogP contribution in [0.25, 0.3) is 0 Å². The highest BCUT2D eigenvalue weighted by Gasteiger charge is 2.48. The largest absolute Gasteiger partial charge is 0.378 e. The number of nitrogens with one attached hydrogen (secondary N) is 2. The van der Waals surface area contributed by atoms with Crippen molar-refractivity contribution < 1.29 is 9.59 Å². The van der Waals surface area contributed by atoms with Crippen LogP contribution in [-0.2, 0) is 9.59 Å². The zero-order valence-corrected chi connectivity index (χ0v) is 18.1. The van der Waals surface area contributed by atoms with E-state index in [1.54, 1.807) is 6.92 Å². The molecule has 1 saturated carbocycles. The molecule has 5 heteroatoms. The number of para-hydroxylation sites is 1. The fourth-order valence-electron chi connectivity index (χ4n) is 6.04. The van der Waals surface area contributed by atoms with Gasteiger partial charge in [-0.25, -0.2) is 0 Å². The van der Waals surface area contributed by atoms with Gasteiger partial charge in [-0.05, 0) is 36.5 Å². The number of likely N-dealkylation sites (tertiary alicyclic amines) is 1.